The molecule has 1 aliphatic carbocycles. The van der Waals surface area contributed by atoms with Crippen molar-refractivity contribution < 1.29 is 14.4 Å². The first-order valence-electron chi connectivity index (χ1n) is 7.32. The molecule has 21 heavy (non-hydrogen) atoms. The summed E-state index contributed by atoms with van der Waals surface area (Å²) in [6.45, 7) is 1.84. The van der Waals surface area contributed by atoms with Crippen molar-refractivity contribution in [1.82, 2.24) is 10.2 Å². The highest BCUT2D eigenvalue weighted by Gasteiger charge is 2.39. The van der Waals surface area contributed by atoms with E-state index in [1.165, 1.54) is 9.78 Å². The summed E-state index contributed by atoms with van der Waals surface area (Å²) < 4.78 is 0. The molecule has 3 rings (SSSR count). The zero-order chi connectivity index (χ0) is 15.0. The molecule has 3 amide bonds. The van der Waals surface area contributed by atoms with Gasteiger partial charge in [0.05, 0.1) is 5.92 Å². The van der Waals surface area contributed by atoms with E-state index in [0.717, 1.165) is 24.8 Å². The number of thiophene rings is 1. The average molecular weight is 306 g/mol. The van der Waals surface area contributed by atoms with Crippen molar-refractivity contribution in [2.45, 2.75) is 44.6 Å². The number of hydrogen-bond acceptors (Lipinski definition) is 4. The van der Waals surface area contributed by atoms with Crippen molar-refractivity contribution in [3.8, 4) is 0 Å². The molecule has 5 nitrogen and oxygen atoms in total. The Labute approximate surface area is 127 Å². The minimum atomic E-state index is -0.529. The molecule has 0 spiro atoms. The maximum absolute atomic E-state index is 12.9. The number of carbonyl (C=O) groups is 3. The van der Waals surface area contributed by atoms with E-state index in [1.807, 2.05) is 18.4 Å². The summed E-state index contributed by atoms with van der Waals surface area (Å²) in [6.07, 6.45) is 3.32. The summed E-state index contributed by atoms with van der Waals surface area (Å²) in [5.74, 6) is -1.03. The lowest BCUT2D eigenvalue weighted by atomic mass is 9.86. The van der Waals surface area contributed by atoms with E-state index in [0.29, 0.717) is 6.42 Å². The molecule has 0 radical (unpaired) electrons. The van der Waals surface area contributed by atoms with E-state index in [1.54, 1.807) is 11.3 Å². The Balaban J connectivity index is 1.88. The number of fused-ring (bicyclic) bond motifs is 1. The molecule has 2 atom stereocenters. The van der Waals surface area contributed by atoms with Crippen LogP contribution in [0, 0.1) is 0 Å². The quantitative estimate of drug-likeness (QED) is 0.841. The lowest BCUT2D eigenvalue weighted by Crippen LogP contribution is -2.60. The van der Waals surface area contributed by atoms with Crippen molar-refractivity contribution in [2.24, 2.45) is 0 Å². The van der Waals surface area contributed by atoms with Gasteiger partial charge in [-0.1, -0.05) is 6.92 Å². The summed E-state index contributed by atoms with van der Waals surface area (Å²) in [7, 11) is 0. The van der Waals surface area contributed by atoms with Gasteiger partial charge in [0.25, 0.3) is 0 Å². The zero-order valence-corrected chi connectivity index (χ0v) is 12.7. The van der Waals surface area contributed by atoms with Crippen LogP contribution in [0.4, 0.5) is 0 Å². The number of carbonyl (C=O) groups excluding carboxylic acids is 3. The second kappa shape index (κ2) is 5.60. The minimum Gasteiger partial charge on any atom is -0.321 e. The van der Waals surface area contributed by atoms with Crippen molar-refractivity contribution in [3.05, 3.63) is 21.9 Å². The lowest BCUT2D eigenvalue weighted by Gasteiger charge is -2.36. The highest BCUT2D eigenvalue weighted by Crippen LogP contribution is 2.36. The van der Waals surface area contributed by atoms with E-state index in [4.69, 9.17) is 0 Å². The van der Waals surface area contributed by atoms with Gasteiger partial charge in [0, 0.05) is 4.88 Å². The van der Waals surface area contributed by atoms with Crippen LogP contribution in [0.3, 0.4) is 0 Å². The molecule has 1 aromatic rings. The van der Waals surface area contributed by atoms with E-state index < -0.39 is 6.04 Å². The molecule has 112 valence electrons. The van der Waals surface area contributed by atoms with E-state index in [9.17, 15) is 14.4 Å². The number of aryl methyl sites for hydroxylation is 1. The van der Waals surface area contributed by atoms with E-state index in [2.05, 4.69) is 5.32 Å². The topological polar surface area (TPSA) is 66.5 Å². The second-order valence-corrected chi connectivity index (χ2v) is 6.55. The van der Waals surface area contributed by atoms with Crippen LogP contribution in [0.2, 0.25) is 0 Å². The van der Waals surface area contributed by atoms with Gasteiger partial charge in [0.2, 0.25) is 17.7 Å². The largest absolute Gasteiger partial charge is 0.321 e. The normalized spacial score (nSPS) is 25.5. The van der Waals surface area contributed by atoms with Crippen LogP contribution < -0.4 is 5.32 Å². The van der Waals surface area contributed by atoms with Crippen molar-refractivity contribution in [2.75, 3.05) is 6.54 Å². The Bertz CT molecular complexity index is 595. The van der Waals surface area contributed by atoms with Crippen molar-refractivity contribution >= 4 is 29.1 Å². The Hall–Kier alpha value is -1.69. The predicted molar refractivity (Wildman–Crippen MR) is 78.9 cm³/mol. The predicted octanol–water partition coefficient (Wildman–Crippen LogP) is 1.43. The zero-order valence-electron chi connectivity index (χ0n) is 11.9. The molecular formula is C15H18N2O3S. The summed E-state index contributed by atoms with van der Waals surface area (Å²) in [5, 5.41) is 4.33. The average Bonchev–Trinajstić information content (AvgIpc) is 2.94. The molecule has 0 bridgehead atoms. The molecule has 0 saturated carbocycles. The van der Waals surface area contributed by atoms with Crippen LogP contribution >= 0.6 is 11.3 Å². The van der Waals surface area contributed by atoms with Gasteiger partial charge in [0.15, 0.2) is 0 Å². The highest BCUT2D eigenvalue weighted by atomic mass is 32.1. The third-order valence-electron chi connectivity index (χ3n) is 4.28. The number of hydrogen-bond donors (Lipinski definition) is 1. The van der Waals surface area contributed by atoms with Crippen LogP contribution in [-0.2, 0) is 20.8 Å². The first-order chi connectivity index (χ1) is 10.1. The van der Waals surface area contributed by atoms with Gasteiger partial charge in [-0.15, -0.1) is 11.3 Å². The fourth-order valence-corrected chi connectivity index (χ4v) is 4.23. The molecule has 1 saturated heterocycles. The Morgan fingerprint density at radius 1 is 1.48 bits per heavy atom. The van der Waals surface area contributed by atoms with E-state index in [-0.39, 0.29) is 30.2 Å². The molecule has 2 unspecified atom stereocenters. The van der Waals surface area contributed by atoms with E-state index >= 15 is 0 Å². The van der Waals surface area contributed by atoms with Gasteiger partial charge in [-0.05, 0) is 42.7 Å². The van der Waals surface area contributed by atoms with Crippen LogP contribution in [-0.4, -0.2) is 35.2 Å². The Morgan fingerprint density at radius 2 is 2.29 bits per heavy atom. The van der Waals surface area contributed by atoms with Crippen molar-refractivity contribution in [1.29, 1.82) is 0 Å². The molecule has 6 heteroatoms. The second-order valence-electron chi connectivity index (χ2n) is 5.55. The standard InChI is InChI=1S/C15H18N2O3S/c1-2-11-14(19)16-13(18)8-17(11)15(20)10-4-3-5-12-9(10)6-7-21-12/h6-7,10-11H,2-5,8H2,1H3,(H,16,18,19). The molecule has 2 aliphatic rings. The molecule has 1 aliphatic heterocycles. The monoisotopic (exact) mass is 306 g/mol. The van der Waals surface area contributed by atoms with Gasteiger partial charge >= 0.3 is 0 Å². The molecule has 2 heterocycles. The van der Waals surface area contributed by atoms with Crippen LogP contribution in [0.1, 0.15) is 42.5 Å². The van der Waals surface area contributed by atoms with Crippen LogP contribution in [0.5, 0.6) is 0 Å². The molecule has 0 aromatic carbocycles. The third-order valence-corrected chi connectivity index (χ3v) is 5.27. The number of imide groups is 1. The van der Waals surface area contributed by atoms with Crippen LogP contribution in [0.25, 0.3) is 0 Å². The Morgan fingerprint density at radius 3 is 3.05 bits per heavy atom. The minimum absolute atomic E-state index is 0.0148. The first-order valence-corrected chi connectivity index (χ1v) is 8.20. The number of nitrogens with one attached hydrogen (secondary N) is 1. The molecule has 1 aromatic heterocycles. The Kier molecular flexibility index (Phi) is 3.80. The molecule has 1 fully saturated rings. The highest BCUT2D eigenvalue weighted by molar-refractivity contribution is 7.10. The summed E-state index contributed by atoms with van der Waals surface area (Å²) in [6, 6.07) is 1.48. The maximum atomic E-state index is 12.9. The smallest absolute Gasteiger partial charge is 0.249 e. The number of amides is 3. The summed E-state index contributed by atoms with van der Waals surface area (Å²) in [5.41, 5.74) is 1.09. The van der Waals surface area contributed by atoms with Crippen LogP contribution in [0.15, 0.2) is 11.4 Å². The third kappa shape index (κ3) is 2.48. The van der Waals surface area contributed by atoms with Gasteiger partial charge in [-0.2, -0.15) is 0 Å². The van der Waals surface area contributed by atoms with Gasteiger partial charge in [0.1, 0.15) is 12.6 Å². The fraction of sp³-hybridized carbons (Fsp3) is 0.533. The summed E-state index contributed by atoms with van der Waals surface area (Å²) in [4.78, 5) is 39.1. The summed E-state index contributed by atoms with van der Waals surface area (Å²) >= 11 is 1.68. The SMILES string of the molecule is CCC1C(=O)NC(=O)CN1C(=O)C1CCCc2sccc21. The molecule has 1 N–H and O–H groups in total. The molecular weight excluding hydrogens is 288 g/mol. The van der Waals surface area contributed by atoms with Gasteiger partial charge in [-0.3, -0.25) is 19.7 Å². The maximum Gasteiger partial charge on any atom is 0.249 e. The van der Waals surface area contributed by atoms with Gasteiger partial charge < -0.3 is 4.90 Å². The number of rotatable bonds is 2. The lowest BCUT2D eigenvalue weighted by molar-refractivity contribution is -0.151. The fourth-order valence-electron chi connectivity index (χ4n) is 3.25. The first kappa shape index (κ1) is 14.3. The number of piperazine rings is 1. The van der Waals surface area contributed by atoms with Crippen molar-refractivity contribution in [3.63, 3.8) is 0 Å². The number of nitrogens with zero attached hydrogens (tertiary/aromatic N) is 1. The van der Waals surface area contributed by atoms with Gasteiger partial charge in [-0.25, -0.2) is 0 Å².